The first-order chi connectivity index (χ1) is 18.5. The molecule has 0 spiro atoms. The Morgan fingerprint density at radius 3 is 2.37 bits per heavy atom. The summed E-state index contributed by atoms with van der Waals surface area (Å²) in [4.78, 5) is 2.13. The van der Waals surface area contributed by atoms with Gasteiger partial charge in [-0.2, -0.15) is 5.10 Å². The van der Waals surface area contributed by atoms with Gasteiger partial charge in [0.05, 0.1) is 36.5 Å². The first-order valence-electron chi connectivity index (χ1n) is 12.6. The zero-order valence-corrected chi connectivity index (χ0v) is 22.6. The average Bonchev–Trinajstić information content (AvgIpc) is 3.24. The van der Waals surface area contributed by atoms with E-state index in [0.717, 1.165) is 22.4 Å². The van der Waals surface area contributed by atoms with Gasteiger partial charge in [-0.15, -0.1) is 0 Å². The molecule has 4 rings (SSSR count). The van der Waals surface area contributed by atoms with Gasteiger partial charge in [0.25, 0.3) is 0 Å². The van der Waals surface area contributed by atoms with Crippen LogP contribution in [0.1, 0.15) is 11.1 Å². The molecule has 8 heteroatoms. The Morgan fingerprint density at radius 1 is 0.974 bits per heavy atom. The number of nitrogens with zero attached hydrogens (tertiary/aromatic N) is 3. The van der Waals surface area contributed by atoms with Gasteiger partial charge in [0.15, 0.2) is 0 Å². The number of halogens is 1. The minimum Gasteiger partial charge on any atom is -0.437 e. The highest BCUT2D eigenvalue weighted by Gasteiger charge is 2.24. The lowest BCUT2D eigenvalue weighted by atomic mass is 10.1. The van der Waals surface area contributed by atoms with E-state index >= 15 is 0 Å². The molecule has 0 bridgehead atoms. The fourth-order valence-corrected chi connectivity index (χ4v) is 4.37. The normalized spacial score (nSPS) is 12.1. The standard InChI is InChI=1S/C30H34ClN3O4/c1-33-30(38-28-16-10-9-15-27(28)31)26(29(32-33)24-13-7-4-8-14-24)20-34(17-18-36-2)19-25(35)22-37-21-23-11-5-3-6-12-23/h3-16,25,35H,17-22H2,1-2H3. The number of aliphatic hydroxyl groups excluding tert-OH is 1. The van der Waals surface area contributed by atoms with Crippen molar-refractivity contribution in [2.24, 2.45) is 7.05 Å². The summed E-state index contributed by atoms with van der Waals surface area (Å²) >= 11 is 6.41. The lowest BCUT2D eigenvalue weighted by Gasteiger charge is -2.25. The number of methoxy groups -OCH3 is 1. The van der Waals surface area contributed by atoms with E-state index in [9.17, 15) is 5.11 Å². The molecule has 200 valence electrons. The zero-order chi connectivity index (χ0) is 26.7. The van der Waals surface area contributed by atoms with Gasteiger partial charge in [0.2, 0.25) is 5.88 Å². The van der Waals surface area contributed by atoms with Crippen LogP contribution in [0.3, 0.4) is 0 Å². The molecule has 0 aliphatic rings. The molecule has 1 aromatic heterocycles. The highest BCUT2D eigenvalue weighted by molar-refractivity contribution is 6.32. The van der Waals surface area contributed by atoms with Gasteiger partial charge >= 0.3 is 0 Å². The number of para-hydroxylation sites is 1. The van der Waals surface area contributed by atoms with Crippen LogP contribution in [0.15, 0.2) is 84.9 Å². The zero-order valence-electron chi connectivity index (χ0n) is 21.8. The van der Waals surface area contributed by atoms with Gasteiger partial charge in [0.1, 0.15) is 11.4 Å². The Kier molecular flexibility index (Phi) is 10.3. The highest BCUT2D eigenvalue weighted by atomic mass is 35.5. The van der Waals surface area contributed by atoms with Crippen molar-refractivity contribution in [3.63, 3.8) is 0 Å². The van der Waals surface area contributed by atoms with Gasteiger partial charge in [-0.3, -0.25) is 4.90 Å². The Balaban J connectivity index is 1.56. The topological polar surface area (TPSA) is 69.0 Å². The molecule has 4 aromatic rings. The maximum Gasteiger partial charge on any atom is 0.222 e. The summed E-state index contributed by atoms with van der Waals surface area (Å²) < 4.78 is 19.2. The summed E-state index contributed by atoms with van der Waals surface area (Å²) in [7, 11) is 3.52. The van der Waals surface area contributed by atoms with E-state index in [-0.39, 0.29) is 6.61 Å². The van der Waals surface area contributed by atoms with Crippen molar-refractivity contribution >= 4 is 11.6 Å². The SMILES string of the molecule is COCCN(Cc1c(-c2ccccc2)nn(C)c1Oc1ccccc1Cl)CC(O)COCc1ccccc1. The maximum absolute atomic E-state index is 10.8. The smallest absolute Gasteiger partial charge is 0.222 e. The van der Waals surface area contributed by atoms with Crippen LogP contribution in [-0.4, -0.2) is 59.3 Å². The van der Waals surface area contributed by atoms with Crippen LogP contribution in [0, 0.1) is 0 Å². The Hall–Kier alpha value is -3.20. The summed E-state index contributed by atoms with van der Waals surface area (Å²) in [6, 6.07) is 27.3. The monoisotopic (exact) mass is 535 g/mol. The van der Waals surface area contributed by atoms with Crippen LogP contribution in [-0.2, 0) is 29.7 Å². The fourth-order valence-electron chi connectivity index (χ4n) is 4.20. The molecule has 1 atom stereocenters. The first-order valence-corrected chi connectivity index (χ1v) is 13.0. The number of hydrogen-bond acceptors (Lipinski definition) is 6. The van der Waals surface area contributed by atoms with Crippen LogP contribution >= 0.6 is 11.6 Å². The van der Waals surface area contributed by atoms with Crippen LogP contribution in [0.2, 0.25) is 5.02 Å². The van der Waals surface area contributed by atoms with Crippen molar-refractivity contribution < 1.29 is 19.3 Å². The summed E-state index contributed by atoms with van der Waals surface area (Å²) in [5, 5.41) is 16.2. The Bertz CT molecular complexity index is 1270. The van der Waals surface area contributed by atoms with Crippen LogP contribution in [0.4, 0.5) is 0 Å². The number of aryl methyl sites for hydroxylation is 1. The number of ether oxygens (including phenoxy) is 3. The van der Waals surface area contributed by atoms with E-state index in [2.05, 4.69) is 4.90 Å². The van der Waals surface area contributed by atoms with Crippen LogP contribution < -0.4 is 4.74 Å². The number of aromatic nitrogens is 2. The molecule has 0 amide bonds. The second-order valence-electron chi connectivity index (χ2n) is 9.04. The fraction of sp³-hybridized carbons (Fsp3) is 0.300. The van der Waals surface area contributed by atoms with Gasteiger partial charge in [-0.25, -0.2) is 4.68 Å². The lowest BCUT2D eigenvalue weighted by Crippen LogP contribution is -2.36. The van der Waals surface area contributed by atoms with E-state index < -0.39 is 6.10 Å². The molecular formula is C30H34ClN3O4. The summed E-state index contributed by atoms with van der Waals surface area (Å²) in [6.07, 6.45) is -0.680. The molecule has 1 heterocycles. The maximum atomic E-state index is 10.8. The third kappa shape index (κ3) is 7.66. The van der Waals surface area contributed by atoms with Crippen molar-refractivity contribution in [3.05, 3.63) is 101 Å². The summed E-state index contributed by atoms with van der Waals surface area (Å²) in [5.41, 5.74) is 3.75. The number of rotatable bonds is 14. The minimum absolute atomic E-state index is 0.222. The number of benzene rings is 3. The Morgan fingerprint density at radius 2 is 1.66 bits per heavy atom. The second-order valence-corrected chi connectivity index (χ2v) is 9.44. The molecule has 1 unspecified atom stereocenters. The summed E-state index contributed by atoms with van der Waals surface area (Å²) in [5.74, 6) is 1.14. The van der Waals surface area contributed by atoms with Crippen molar-refractivity contribution in [1.29, 1.82) is 0 Å². The van der Waals surface area contributed by atoms with Gasteiger partial charge in [0, 0.05) is 39.4 Å². The third-order valence-electron chi connectivity index (χ3n) is 6.06. The predicted octanol–water partition coefficient (Wildman–Crippen LogP) is 5.56. The molecule has 3 aromatic carbocycles. The van der Waals surface area contributed by atoms with Crippen molar-refractivity contribution in [1.82, 2.24) is 14.7 Å². The average molecular weight is 536 g/mol. The minimum atomic E-state index is -0.680. The molecule has 0 radical (unpaired) electrons. The van der Waals surface area contributed by atoms with Crippen molar-refractivity contribution in [3.8, 4) is 22.9 Å². The second kappa shape index (κ2) is 14.1. The van der Waals surface area contributed by atoms with Crippen molar-refractivity contribution in [2.45, 2.75) is 19.3 Å². The molecule has 0 fully saturated rings. The van der Waals surface area contributed by atoms with Crippen LogP contribution in [0.5, 0.6) is 11.6 Å². The first kappa shape index (κ1) is 27.8. The molecule has 7 nitrogen and oxygen atoms in total. The molecule has 1 N–H and O–H groups in total. The van der Waals surface area contributed by atoms with Gasteiger partial charge in [-0.1, -0.05) is 84.4 Å². The largest absolute Gasteiger partial charge is 0.437 e. The van der Waals surface area contributed by atoms with Crippen molar-refractivity contribution in [2.75, 3.05) is 33.4 Å². The summed E-state index contributed by atoms with van der Waals surface area (Å²) in [6.45, 7) is 2.68. The quantitative estimate of drug-likeness (QED) is 0.228. The van der Waals surface area contributed by atoms with E-state index in [1.807, 2.05) is 85.9 Å². The molecule has 0 aliphatic carbocycles. The molecular weight excluding hydrogens is 502 g/mol. The molecule has 0 aliphatic heterocycles. The van der Waals surface area contributed by atoms with Gasteiger partial charge < -0.3 is 19.3 Å². The van der Waals surface area contributed by atoms with E-state index in [0.29, 0.717) is 49.5 Å². The highest BCUT2D eigenvalue weighted by Crippen LogP contribution is 2.36. The molecule has 0 saturated carbocycles. The van der Waals surface area contributed by atoms with Crippen LogP contribution in [0.25, 0.3) is 11.3 Å². The number of aliphatic hydroxyl groups is 1. The third-order valence-corrected chi connectivity index (χ3v) is 6.37. The van der Waals surface area contributed by atoms with E-state index in [1.165, 1.54) is 0 Å². The van der Waals surface area contributed by atoms with E-state index in [4.69, 9.17) is 30.9 Å². The van der Waals surface area contributed by atoms with E-state index in [1.54, 1.807) is 17.9 Å². The predicted molar refractivity (Wildman–Crippen MR) is 149 cm³/mol. The molecule has 0 saturated heterocycles. The molecule has 38 heavy (non-hydrogen) atoms. The van der Waals surface area contributed by atoms with Gasteiger partial charge in [-0.05, 0) is 17.7 Å². The lowest BCUT2D eigenvalue weighted by molar-refractivity contribution is 0.00472. The number of hydrogen-bond donors (Lipinski definition) is 1. The Labute approximate surface area is 229 Å².